The van der Waals surface area contributed by atoms with Crippen molar-refractivity contribution in [1.82, 2.24) is 29.8 Å². The van der Waals surface area contributed by atoms with E-state index in [1.807, 2.05) is 19.1 Å². The zero-order chi connectivity index (χ0) is 16.5. The predicted octanol–water partition coefficient (Wildman–Crippen LogP) is 0.780. The molecule has 1 aliphatic rings. The lowest BCUT2D eigenvalue weighted by Gasteiger charge is -2.40. The topological polar surface area (TPSA) is 93.4 Å². The first kappa shape index (κ1) is 14.6. The Kier molecular flexibility index (Phi) is 3.60. The number of fused-ring (bicyclic) bond motifs is 1. The van der Waals surface area contributed by atoms with Gasteiger partial charge in [-0.25, -0.2) is 4.98 Å². The lowest BCUT2D eigenvalue weighted by Crippen LogP contribution is -2.50. The Hall–Kier alpha value is -2.97. The Balaban J connectivity index is 1.34. The van der Waals surface area contributed by atoms with Gasteiger partial charge in [-0.15, -0.1) is 15.3 Å². The molecule has 1 N–H and O–H groups in total. The van der Waals surface area contributed by atoms with Crippen molar-refractivity contribution in [3.05, 3.63) is 30.2 Å². The number of rotatable bonds is 5. The first-order valence-corrected chi connectivity index (χ1v) is 7.78. The molecule has 0 saturated carbocycles. The Morgan fingerprint density at radius 1 is 1.25 bits per heavy atom. The molecule has 24 heavy (non-hydrogen) atoms. The molecule has 3 aromatic heterocycles. The van der Waals surface area contributed by atoms with Gasteiger partial charge in [0.05, 0.1) is 7.11 Å². The molecular formula is C15H18N8O. The Morgan fingerprint density at radius 3 is 2.96 bits per heavy atom. The molecule has 0 aromatic carbocycles. The van der Waals surface area contributed by atoms with Crippen LogP contribution in [0.25, 0.3) is 5.65 Å². The van der Waals surface area contributed by atoms with E-state index in [2.05, 4.69) is 35.5 Å². The van der Waals surface area contributed by atoms with Crippen LogP contribution in [0.4, 0.5) is 11.8 Å². The third kappa shape index (κ3) is 2.68. The Labute approximate surface area is 138 Å². The Bertz CT molecular complexity index is 858. The molecule has 124 valence electrons. The van der Waals surface area contributed by atoms with Gasteiger partial charge in [-0.1, -0.05) is 0 Å². The smallest absolute Gasteiger partial charge is 0.225 e. The molecule has 4 heterocycles. The fraction of sp³-hybridized carbons (Fsp3) is 0.400. The van der Waals surface area contributed by atoms with Crippen LogP contribution >= 0.6 is 0 Å². The van der Waals surface area contributed by atoms with Crippen molar-refractivity contribution < 1.29 is 4.74 Å². The SMILES string of the molecule is COc1ccnc(NCC2CN(c3ccc4nnc(C)n4n3)C2)n1. The summed E-state index contributed by atoms with van der Waals surface area (Å²) in [6.45, 7) is 4.60. The lowest BCUT2D eigenvalue weighted by atomic mass is 10.0. The number of hydrogen-bond acceptors (Lipinski definition) is 8. The van der Waals surface area contributed by atoms with Crippen LogP contribution in [0.5, 0.6) is 5.88 Å². The van der Waals surface area contributed by atoms with Crippen molar-refractivity contribution in [1.29, 1.82) is 0 Å². The van der Waals surface area contributed by atoms with Gasteiger partial charge >= 0.3 is 0 Å². The number of methoxy groups -OCH3 is 1. The van der Waals surface area contributed by atoms with Gasteiger partial charge in [-0.2, -0.15) is 9.50 Å². The van der Waals surface area contributed by atoms with Crippen molar-refractivity contribution in [2.24, 2.45) is 5.92 Å². The molecule has 0 atom stereocenters. The maximum absolute atomic E-state index is 5.09. The second kappa shape index (κ2) is 5.91. The molecule has 0 amide bonds. The van der Waals surface area contributed by atoms with Crippen LogP contribution < -0.4 is 15.0 Å². The molecule has 3 aromatic rings. The van der Waals surface area contributed by atoms with E-state index in [0.29, 0.717) is 17.7 Å². The normalized spacial score (nSPS) is 14.7. The molecular weight excluding hydrogens is 308 g/mol. The van der Waals surface area contributed by atoms with Crippen molar-refractivity contribution >= 4 is 17.4 Å². The first-order valence-electron chi connectivity index (χ1n) is 7.78. The molecule has 1 fully saturated rings. The van der Waals surface area contributed by atoms with Crippen molar-refractivity contribution in [2.45, 2.75) is 6.92 Å². The van der Waals surface area contributed by atoms with Gasteiger partial charge in [-0.05, 0) is 19.1 Å². The molecule has 1 aliphatic heterocycles. The monoisotopic (exact) mass is 326 g/mol. The molecule has 9 nitrogen and oxygen atoms in total. The minimum absolute atomic E-state index is 0.527. The summed E-state index contributed by atoms with van der Waals surface area (Å²) in [6.07, 6.45) is 1.68. The second-order valence-electron chi connectivity index (χ2n) is 5.78. The summed E-state index contributed by atoms with van der Waals surface area (Å²) in [7, 11) is 1.59. The minimum atomic E-state index is 0.527. The van der Waals surface area contributed by atoms with Crippen molar-refractivity contribution in [3.63, 3.8) is 0 Å². The summed E-state index contributed by atoms with van der Waals surface area (Å²) in [5.74, 6) is 3.41. The highest BCUT2D eigenvalue weighted by Crippen LogP contribution is 2.23. The van der Waals surface area contributed by atoms with Crippen LogP contribution in [0.1, 0.15) is 5.82 Å². The minimum Gasteiger partial charge on any atom is -0.481 e. The van der Waals surface area contributed by atoms with Crippen molar-refractivity contribution in [2.75, 3.05) is 37.0 Å². The van der Waals surface area contributed by atoms with Crippen LogP contribution in [-0.4, -0.2) is 56.5 Å². The molecule has 9 heteroatoms. The number of nitrogens with zero attached hydrogens (tertiary/aromatic N) is 7. The van der Waals surface area contributed by atoms with Crippen LogP contribution in [0, 0.1) is 12.8 Å². The van der Waals surface area contributed by atoms with E-state index in [1.54, 1.807) is 23.9 Å². The maximum atomic E-state index is 5.09. The van der Waals surface area contributed by atoms with E-state index >= 15 is 0 Å². The van der Waals surface area contributed by atoms with Crippen LogP contribution in [0.3, 0.4) is 0 Å². The van der Waals surface area contributed by atoms with Gasteiger partial charge in [0.25, 0.3) is 0 Å². The summed E-state index contributed by atoms with van der Waals surface area (Å²) in [6, 6.07) is 5.65. The van der Waals surface area contributed by atoms with E-state index in [-0.39, 0.29) is 0 Å². The predicted molar refractivity (Wildman–Crippen MR) is 88.3 cm³/mol. The van der Waals surface area contributed by atoms with Crippen LogP contribution in [0.15, 0.2) is 24.4 Å². The average molecular weight is 326 g/mol. The number of hydrogen-bond donors (Lipinski definition) is 1. The van der Waals surface area contributed by atoms with E-state index in [9.17, 15) is 0 Å². The molecule has 0 aliphatic carbocycles. The highest BCUT2D eigenvalue weighted by atomic mass is 16.5. The van der Waals surface area contributed by atoms with Gasteiger partial charge < -0.3 is 15.0 Å². The fourth-order valence-electron chi connectivity index (χ4n) is 2.72. The van der Waals surface area contributed by atoms with Crippen LogP contribution in [0.2, 0.25) is 0 Å². The highest BCUT2D eigenvalue weighted by molar-refractivity contribution is 5.47. The van der Waals surface area contributed by atoms with E-state index in [4.69, 9.17) is 4.74 Å². The number of nitrogens with one attached hydrogen (secondary N) is 1. The summed E-state index contributed by atoms with van der Waals surface area (Å²) >= 11 is 0. The van der Waals surface area contributed by atoms with Gasteiger partial charge in [0.2, 0.25) is 11.8 Å². The standard InChI is InChI=1S/C15H18N8O/c1-10-19-20-12-3-4-13(21-23(10)12)22-8-11(9-22)7-17-15-16-6-5-14(18-15)24-2/h3-6,11H,7-9H2,1-2H3,(H,16,17,18). The van der Waals surface area contributed by atoms with E-state index < -0.39 is 0 Å². The summed E-state index contributed by atoms with van der Waals surface area (Å²) in [5.41, 5.74) is 0.769. The second-order valence-corrected chi connectivity index (χ2v) is 5.78. The molecule has 1 saturated heterocycles. The van der Waals surface area contributed by atoms with E-state index in [1.165, 1.54) is 0 Å². The molecule has 0 radical (unpaired) electrons. The number of anilines is 2. The fourth-order valence-corrected chi connectivity index (χ4v) is 2.72. The first-order chi connectivity index (χ1) is 11.7. The van der Waals surface area contributed by atoms with Crippen LogP contribution in [-0.2, 0) is 0 Å². The molecule has 0 bridgehead atoms. The van der Waals surface area contributed by atoms with Gasteiger partial charge in [0, 0.05) is 37.8 Å². The highest BCUT2D eigenvalue weighted by Gasteiger charge is 2.28. The van der Waals surface area contributed by atoms with Crippen molar-refractivity contribution in [3.8, 4) is 5.88 Å². The maximum Gasteiger partial charge on any atom is 0.225 e. The molecule has 0 spiro atoms. The third-order valence-electron chi connectivity index (χ3n) is 4.07. The zero-order valence-corrected chi connectivity index (χ0v) is 13.5. The Morgan fingerprint density at radius 2 is 2.12 bits per heavy atom. The lowest BCUT2D eigenvalue weighted by molar-refractivity contribution is 0.396. The van der Waals surface area contributed by atoms with E-state index in [0.717, 1.165) is 36.9 Å². The summed E-state index contributed by atoms with van der Waals surface area (Å²) in [4.78, 5) is 10.7. The largest absolute Gasteiger partial charge is 0.481 e. The van der Waals surface area contributed by atoms with Gasteiger partial charge in [0.1, 0.15) is 5.82 Å². The zero-order valence-electron chi connectivity index (χ0n) is 13.5. The number of aryl methyl sites for hydroxylation is 1. The molecule has 4 rings (SSSR count). The number of aromatic nitrogens is 6. The number of ether oxygens (including phenoxy) is 1. The quantitative estimate of drug-likeness (QED) is 0.735. The van der Waals surface area contributed by atoms with Gasteiger partial charge in [-0.3, -0.25) is 0 Å². The molecule has 0 unspecified atom stereocenters. The third-order valence-corrected chi connectivity index (χ3v) is 4.07. The summed E-state index contributed by atoms with van der Waals surface area (Å²) in [5, 5.41) is 15.9. The summed E-state index contributed by atoms with van der Waals surface area (Å²) < 4.78 is 6.86. The average Bonchev–Trinajstić information content (AvgIpc) is 2.94. The van der Waals surface area contributed by atoms with Gasteiger partial charge in [0.15, 0.2) is 11.5 Å².